The fraction of sp³-hybridized carbons (Fsp3) is 0.333. The minimum Gasteiger partial charge on any atom is -0.493 e. The molecule has 1 heterocycles. The first-order valence-corrected chi connectivity index (χ1v) is 7.27. The molecular formula is C15H15ClF3N3O2. The molecule has 0 aliphatic carbocycles. The normalized spacial score (nSPS) is 11.2. The number of rotatable bonds is 6. The van der Waals surface area contributed by atoms with Crippen LogP contribution in [0.4, 0.5) is 19.0 Å². The highest BCUT2D eigenvalue weighted by molar-refractivity contribution is 6.33. The lowest BCUT2D eigenvalue weighted by molar-refractivity contribution is -0.141. The predicted octanol–water partition coefficient (Wildman–Crippen LogP) is 3.82. The van der Waals surface area contributed by atoms with Gasteiger partial charge in [0.2, 0.25) is 0 Å². The second-order valence-electron chi connectivity index (χ2n) is 4.75. The van der Waals surface area contributed by atoms with Gasteiger partial charge in [-0.3, -0.25) is 0 Å². The van der Waals surface area contributed by atoms with Crippen molar-refractivity contribution in [3.05, 3.63) is 40.8 Å². The number of nitrogens with zero attached hydrogens (tertiary/aromatic N) is 2. The van der Waals surface area contributed by atoms with Crippen LogP contribution in [0, 0.1) is 0 Å². The highest BCUT2D eigenvalue weighted by atomic mass is 35.5. The van der Waals surface area contributed by atoms with Crippen LogP contribution >= 0.6 is 11.6 Å². The van der Waals surface area contributed by atoms with Crippen LogP contribution < -0.4 is 14.8 Å². The van der Waals surface area contributed by atoms with Gasteiger partial charge in [-0.15, -0.1) is 0 Å². The molecule has 0 saturated carbocycles. The van der Waals surface area contributed by atoms with Gasteiger partial charge in [-0.05, 0) is 24.1 Å². The lowest BCUT2D eigenvalue weighted by Gasteiger charge is -2.12. The SMILES string of the molecule is COc1ccc(CCNc2ncnc(C(F)(F)F)c2Cl)cc1OC. The van der Waals surface area contributed by atoms with Crippen LogP contribution in [-0.4, -0.2) is 30.7 Å². The Balaban J connectivity index is 2.05. The average molecular weight is 362 g/mol. The monoisotopic (exact) mass is 361 g/mol. The molecule has 0 saturated heterocycles. The van der Waals surface area contributed by atoms with Crippen LogP contribution in [0.1, 0.15) is 11.3 Å². The van der Waals surface area contributed by atoms with Gasteiger partial charge in [0, 0.05) is 6.54 Å². The van der Waals surface area contributed by atoms with Crippen molar-refractivity contribution in [1.29, 1.82) is 0 Å². The Morgan fingerprint density at radius 2 is 1.83 bits per heavy atom. The molecule has 0 amide bonds. The van der Waals surface area contributed by atoms with Gasteiger partial charge >= 0.3 is 6.18 Å². The summed E-state index contributed by atoms with van der Waals surface area (Å²) in [6.45, 7) is 0.337. The summed E-state index contributed by atoms with van der Waals surface area (Å²) in [5.74, 6) is 1.12. The summed E-state index contributed by atoms with van der Waals surface area (Å²) in [4.78, 5) is 6.93. The summed E-state index contributed by atoms with van der Waals surface area (Å²) >= 11 is 5.72. The van der Waals surface area contributed by atoms with Crippen LogP contribution in [0.5, 0.6) is 11.5 Å². The number of hydrogen-bond acceptors (Lipinski definition) is 5. The van der Waals surface area contributed by atoms with Crippen LogP contribution in [0.3, 0.4) is 0 Å². The smallest absolute Gasteiger partial charge is 0.435 e. The minimum absolute atomic E-state index is 0.0560. The van der Waals surface area contributed by atoms with Gasteiger partial charge in [0.15, 0.2) is 17.2 Å². The van der Waals surface area contributed by atoms with E-state index in [-0.39, 0.29) is 5.82 Å². The summed E-state index contributed by atoms with van der Waals surface area (Å²) in [5.41, 5.74) is -0.242. The highest BCUT2D eigenvalue weighted by Crippen LogP contribution is 2.35. The lowest BCUT2D eigenvalue weighted by atomic mass is 10.1. The van der Waals surface area contributed by atoms with Crippen LogP contribution in [0.2, 0.25) is 5.02 Å². The Hall–Kier alpha value is -2.22. The number of anilines is 1. The molecule has 0 bridgehead atoms. The number of hydrogen-bond donors (Lipinski definition) is 1. The van der Waals surface area contributed by atoms with Crippen molar-refractivity contribution >= 4 is 17.4 Å². The summed E-state index contributed by atoms with van der Waals surface area (Å²) in [6.07, 6.45) is -3.27. The number of nitrogens with one attached hydrogen (secondary N) is 1. The zero-order valence-electron chi connectivity index (χ0n) is 12.9. The molecule has 0 atom stereocenters. The van der Waals surface area contributed by atoms with Gasteiger partial charge in [-0.1, -0.05) is 17.7 Å². The van der Waals surface area contributed by atoms with Gasteiger partial charge in [0.25, 0.3) is 0 Å². The van der Waals surface area contributed by atoms with Crippen molar-refractivity contribution in [2.75, 3.05) is 26.1 Å². The third-order valence-corrected chi connectivity index (χ3v) is 3.57. The second kappa shape index (κ2) is 7.57. The fourth-order valence-corrected chi connectivity index (χ4v) is 2.32. The third kappa shape index (κ3) is 4.19. The van der Waals surface area contributed by atoms with E-state index in [1.807, 2.05) is 6.07 Å². The Morgan fingerprint density at radius 3 is 2.46 bits per heavy atom. The van der Waals surface area contributed by atoms with Crippen molar-refractivity contribution in [3.63, 3.8) is 0 Å². The van der Waals surface area contributed by atoms with Crippen molar-refractivity contribution < 1.29 is 22.6 Å². The Kier molecular flexibility index (Phi) is 5.71. The first kappa shape index (κ1) is 18.1. The third-order valence-electron chi connectivity index (χ3n) is 3.21. The fourth-order valence-electron chi connectivity index (χ4n) is 2.05. The number of aromatic nitrogens is 2. The summed E-state index contributed by atoms with van der Waals surface area (Å²) in [6, 6.07) is 5.39. The minimum atomic E-state index is -4.63. The predicted molar refractivity (Wildman–Crippen MR) is 83.8 cm³/mol. The van der Waals surface area contributed by atoms with E-state index in [0.717, 1.165) is 11.9 Å². The van der Waals surface area contributed by atoms with E-state index in [9.17, 15) is 13.2 Å². The topological polar surface area (TPSA) is 56.3 Å². The Morgan fingerprint density at radius 1 is 1.12 bits per heavy atom. The molecule has 2 aromatic rings. The molecule has 0 radical (unpaired) electrons. The molecule has 1 N–H and O–H groups in total. The summed E-state index contributed by atoms with van der Waals surface area (Å²) in [7, 11) is 3.06. The van der Waals surface area contributed by atoms with E-state index >= 15 is 0 Å². The first-order chi connectivity index (χ1) is 11.4. The van der Waals surface area contributed by atoms with Crippen LogP contribution in [0.25, 0.3) is 0 Å². The standard InChI is InChI=1S/C15H15ClF3N3O2/c1-23-10-4-3-9(7-11(10)24-2)5-6-20-14-12(16)13(15(17,18)19)21-8-22-14/h3-4,7-8H,5-6H2,1-2H3,(H,20,21,22). The molecule has 0 unspecified atom stereocenters. The van der Waals surface area contributed by atoms with Crippen molar-refractivity contribution in [3.8, 4) is 11.5 Å². The highest BCUT2D eigenvalue weighted by Gasteiger charge is 2.36. The lowest BCUT2D eigenvalue weighted by Crippen LogP contribution is -2.13. The largest absolute Gasteiger partial charge is 0.493 e. The Bertz CT molecular complexity index is 711. The van der Waals surface area contributed by atoms with E-state index in [1.54, 1.807) is 12.1 Å². The summed E-state index contributed by atoms with van der Waals surface area (Å²) < 4.78 is 48.6. The van der Waals surface area contributed by atoms with Crippen molar-refractivity contribution in [2.45, 2.75) is 12.6 Å². The van der Waals surface area contributed by atoms with Gasteiger partial charge in [-0.25, -0.2) is 9.97 Å². The molecular weight excluding hydrogens is 347 g/mol. The Labute approximate surface area is 141 Å². The molecule has 0 aliphatic heterocycles. The number of halogens is 4. The van der Waals surface area contributed by atoms with Crippen LogP contribution in [-0.2, 0) is 12.6 Å². The molecule has 1 aromatic carbocycles. The van der Waals surface area contributed by atoms with Crippen molar-refractivity contribution in [1.82, 2.24) is 9.97 Å². The van der Waals surface area contributed by atoms with E-state index in [1.165, 1.54) is 14.2 Å². The number of methoxy groups -OCH3 is 2. The average Bonchev–Trinajstić information content (AvgIpc) is 2.55. The molecule has 1 aromatic heterocycles. The second-order valence-corrected chi connectivity index (χ2v) is 5.13. The van der Waals surface area contributed by atoms with Crippen LogP contribution in [0.15, 0.2) is 24.5 Å². The number of benzene rings is 1. The maximum Gasteiger partial charge on any atom is 0.435 e. The molecule has 5 nitrogen and oxygen atoms in total. The quantitative estimate of drug-likeness (QED) is 0.847. The molecule has 0 aliphatic rings. The van der Waals surface area contributed by atoms with Crippen molar-refractivity contribution in [2.24, 2.45) is 0 Å². The maximum absolute atomic E-state index is 12.7. The summed E-state index contributed by atoms with van der Waals surface area (Å²) in [5, 5.41) is 2.24. The zero-order chi connectivity index (χ0) is 17.7. The zero-order valence-corrected chi connectivity index (χ0v) is 13.7. The van der Waals surface area contributed by atoms with Gasteiger partial charge < -0.3 is 14.8 Å². The van der Waals surface area contributed by atoms with E-state index in [2.05, 4.69) is 15.3 Å². The molecule has 0 fully saturated rings. The van der Waals surface area contributed by atoms with Gasteiger partial charge in [0.1, 0.15) is 17.2 Å². The van der Waals surface area contributed by atoms with E-state index < -0.39 is 16.9 Å². The van der Waals surface area contributed by atoms with Gasteiger partial charge in [-0.2, -0.15) is 13.2 Å². The molecule has 24 heavy (non-hydrogen) atoms. The van der Waals surface area contributed by atoms with Gasteiger partial charge in [0.05, 0.1) is 14.2 Å². The maximum atomic E-state index is 12.7. The van der Waals surface area contributed by atoms with E-state index in [4.69, 9.17) is 21.1 Å². The first-order valence-electron chi connectivity index (χ1n) is 6.89. The molecule has 0 spiro atoms. The molecule has 2 rings (SSSR count). The molecule has 130 valence electrons. The number of alkyl halides is 3. The molecule has 9 heteroatoms. The number of ether oxygens (including phenoxy) is 2. The van der Waals surface area contributed by atoms with E-state index in [0.29, 0.717) is 24.5 Å².